The quantitative estimate of drug-likeness (QED) is 0.789. The molecule has 0 spiro atoms. The van der Waals surface area contributed by atoms with E-state index in [4.69, 9.17) is 5.11 Å². The first-order valence-corrected chi connectivity index (χ1v) is 6.51. The summed E-state index contributed by atoms with van der Waals surface area (Å²) in [6.45, 7) is 5.01. The summed E-state index contributed by atoms with van der Waals surface area (Å²) in [4.78, 5) is 14.3. The predicted molar refractivity (Wildman–Crippen MR) is 60.0 cm³/mol. The van der Waals surface area contributed by atoms with Gasteiger partial charge in [0.15, 0.2) is 5.03 Å². The number of carboxylic acids is 1. The molecule has 1 aromatic heterocycles. The zero-order valence-electron chi connectivity index (χ0n) is 9.78. The van der Waals surface area contributed by atoms with Gasteiger partial charge in [0.05, 0.1) is 6.33 Å². The number of nitrogens with zero attached hydrogens (tertiary/aromatic N) is 2. The molecule has 0 aliphatic carbocycles. The number of sulfonamides is 1. The zero-order chi connectivity index (χ0) is 13.2. The van der Waals surface area contributed by atoms with Crippen LogP contribution in [0.4, 0.5) is 0 Å². The van der Waals surface area contributed by atoms with Crippen LogP contribution in [0.25, 0.3) is 0 Å². The molecule has 17 heavy (non-hydrogen) atoms. The molecule has 0 bridgehead atoms. The van der Waals surface area contributed by atoms with Gasteiger partial charge in [0, 0.05) is 12.2 Å². The summed E-state index contributed by atoms with van der Waals surface area (Å²) >= 11 is 0. The van der Waals surface area contributed by atoms with Crippen molar-refractivity contribution in [2.45, 2.75) is 37.9 Å². The van der Waals surface area contributed by atoms with E-state index in [0.717, 1.165) is 0 Å². The maximum Gasteiger partial charge on any atom is 0.321 e. The SMILES string of the molecule is CC(NS(=O)(=O)c1cn(C(C)C)cn1)C(=O)O. The highest BCUT2D eigenvalue weighted by molar-refractivity contribution is 7.89. The van der Waals surface area contributed by atoms with Gasteiger partial charge in [-0.1, -0.05) is 0 Å². The van der Waals surface area contributed by atoms with Crippen LogP contribution in [-0.4, -0.2) is 35.1 Å². The summed E-state index contributed by atoms with van der Waals surface area (Å²) in [5.41, 5.74) is 0. The molecule has 0 saturated carbocycles. The first kappa shape index (κ1) is 13.7. The van der Waals surface area contributed by atoms with Gasteiger partial charge in [-0.2, -0.15) is 4.72 Å². The third kappa shape index (κ3) is 3.27. The van der Waals surface area contributed by atoms with Crippen LogP contribution in [0, 0.1) is 0 Å². The van der Waals surface area contributed by atoms with Crippen molar-refractivity contribution in [3.8, 4) is 0 Å². The molecule has 0 aromatic carbocycles. The average molecular weight is 261 g/mol. The number of rotatable bonds is 5. The van der Waals surface area contributed by atoms with E-state index >= 15 is 0 Å². The largest absolute Gasteiger partial charge is 0.480 e. The average Bonchev–Trinajstić information content (AvgIpc) is 2.65. The molecule has 2 N–H and O–H groups in total. The normalized spacial score (nSPS) is 13.9. The van der Waals surface area contributed by atoms with E-state index in [2.05, 4.69) is 4.98 Å². The first-order valence-electron chi connectivity index (χ1n) is 5.02. The summed E-state index contributed by atoms with van der Waals surface area (Å²) in [6.07, 6.45) is 2.76. The fourth-order valence-electron chi connectivity index (χ4n) is 1.08. The number of imidazole rings is 1. The Morgan fingerprint density at radius 3 is 2.47 bits per heavy atom. The molecule has 1 atom stereocenters. The lowest BCUT2D eigenvalue weighted by Crippen LogP contribution is -2.38. The highest BCUT2D eigenvalue weighted by Crippen LogP contribution is 2.10. The smallest absolute Gasteiger partial charge is 0.321 e. The van der Waals surface area contributed by atoms with Crippen molar-refractivity contribution in [1.82, 2.24) is 14.3 Å². The second kappa shape index (κ2) is 4.84. The maximum absolute atomic E-state index is 11.7. The minimum absolute atomic E-state index is 0.0864. The highest BCUT2D eigenvalue weighted by Gasteiger charge is 2.23. The molecular weight excluding hydrogens is 246 g/mol. The van der Waals surface area contributed by atoms with Crippen LogP contribution in [0.15, 0.2) is 17.6 Å². The summed E-state index contributed by atoms with van der Waals surface area (Å²) < 4.78 is 27.1. The Morgan fingerprint density at radius 2 is 2.06 bits per heavy atom. The number of carboxylic acid groups (broad SMARTS) is 1. The minimum Gasteiger partial charge on any atom is -0.480 e. The van der Waals surface area contributed by atoms with E-state index in [9.17, 15) is 13.2 Å². The molecule has 0 aliphatic heterocycles. The number of aromatic nitrogens is 2. The molecule has 1 heterocycles. The molecule has 0 fully saturated rings. The monoisotopic (exact) mass is 261 g/mol. The molecule has 0 amide bonds. The summed E-state index contributed by atoms with van der Waals surface area (Å²) in [7, 11) is -3.88. The molecule has 1 unspecified atom stereocenters. The lowest BCUT2D eigenvalue weighted by atomic mass is 10.4. The van der Waals surface area contributed by atoms with E-state index < -0.39 is 22.0 Å². The van der Waals surface area contributed by atoms with Gasteiger partial charge < -0.3 is 9.67 Å². The van der Waals surface area contributed by atoms with E-state index in [1.165, 1.54) is 19.4 Å². The number of carbonyl (C=O) groups is 1. The van der Waals surface area contributed by atoms with Crippen molar-refractivity contribution >= 4 is 16.0 Å². The maximum atomic E-state index is 11.7. The van der Waals surface area contributed by atoms with Crippen molar-refractivity contribution in [2.24, 2.45) is 0 Å². The fraction of sp³-hybridized carbons (Fsp3) is 0.556. The zero-order valence-corrected chi connectivity index (χ0v) is 10.6. The first-order chi connectivity index (χ1) is 7.74. The van der Waals surface area contributed by atoms with E-state index in [-0.39, 0.29) is 11.1 Å². The topological polar surface area (TPSA) is 101 Å². The molecular formula is C9H15N3O4S. The second-order valence-corrected chi connectivity index (χ2v) is 5.59. The van der Waals surface area contributed by atoms with Crippen molar-refractivity contribution < 1.29 is 18.3 Å². The van der Waals surface area contributed by atoms with Crippen molar-refractivity contribution in [3.05, 3.63) is 12.5 Å². The fourth-order valence-corrected chi connectivity index (χ4v) is 2.22. The molecule has 1 aromatic rings. The second-order valence-electron chi connectivity index (χ2n) is 3.93. The molecule has 0 radical (unpaired) electrons. The van der Waals surface area contributed by atoms with Crippen LogP contribution >= 0.6 is 0 Å². The molecule has 8 heteroatoms. The molecule has 0 saturated heterocycles. The Bertz CT molecular complexity index is 506. The summed E-state index contributed by atoms with van der Waals surface area (Å²) in [5.74, 6) is -1.24. The van der Waals surface area contributed by atoms with Gasteiger partial charge in [-0.15, -0.1) is 0 Å². The Kier molecular flexibility index (Phi) is 3.89. The lowest BCUT2D eigenvalue weighted by Gasteiger charge is -2.08. The highest BCUT2D eigenvalue weighted by atomic mass is 32.2. The minimum atomic E-state index is -3.88. The third-order valence-corrected chi connectivity index (χ3v) is 3.58. The molecule has 0 aliphatic rings. The van der Waals surface area contributed by atoms with Gasteiger partial charge >= 0.3 is 5.97 Å². The van der Waals surface area contributed by atoms with Crippen LogP contribution < -0.4 is 4.72 Å². The molecule has 1 rings (SSSR count). The third-order valence-electron chi connectivity index (χ3n) is 2.15. The van der Waals surface area contributed by atoms with Crippen LogP contribution in [-0.2, 0) is 14.8 Å². The van der Waals surface area contributed by atoms with Crippen LogP contribution in [0.1, 0.15) is 26.8 Å². The Balaban J connectivity index is 2.93. The van der Waals surface area contributed by atoms with Gasteiger partial charge in [-0.25, -0.2) is 13.4 Å². The van der Waals surface area contributed by atoms with Gasteiger partial charge in [0.25, 0.3) is 10.0 Å². The molecule has 96 valence electrons. The standard InChI is InChI=1S/C9H15N3O4S/c1-6(2)12-4-8(10-5-12)17(15,16)11-7(3)9(13)14/h4-7,11H,1-3H3,(H,13,14). The van der Waals surface area contributed by atoms with Crippen molar-refractivity contribution in [3.63, 3.8) is 0 Å². The van der Waals surface area contributed by atoms with E-state index in [0.29, 0.717) is 0 Å². The van der Waals surface area contributed by atoms with Crippen LogP contribution in [0.3, 0.4) is 0 Å². The Morgan fingerprint density at radius 1 is 1.47 bits per heavy atom. The number of hydrogen-bond donors (Lipinski definition) is 2. The van der Waals surface area contributed by atoms with E-state index in [1.54, 1.807) is 4.57 Å². The number of aliphatic carboxylic acids is 1. The van der Waals surface area contributed by atoms with Crippen LogP contribution in [0.2, 0.25) is 0 Å². The Hall–Kier alpha value is -1.41. The van der Waals surface area contributed by atoms with Crippen molar-refractivity contribution in [2.75, 3.05) is 0 Å². The van der Waals surface area contributed by atoms with Crippen LogP contribution in [0.5, 0.6) is 0 Å². The van der Waals surface area contributed by atoms with E-state index in [1.807, 2.05) is 18.6 Å². The summed E-state index contributed by atoms with van der Waals surface area (Å²) in [6, 6.07) is -1.10. The Labute approximate surface area is 99.5 Å². The van der Waals surface area contributed by atoms with Gasteiger partial charge in [-0.05, 0) is 20.8 Å². The lowest BCUT2D eigenvalue weighted by molar-refractivity contribution is -0.138. The van der Waals surface area contributed by atoms with Gasteiger partial charge in [0.2, 0.25) is 0 Å². The van der Waals surface area contributed by atoms with Gasteiger partial charge in [0.1, 0.15) is 6.04 Å². The predicted octanol–water partition coefficient (Wildman–Crippen LogP) is 0.215. The van der Waals surface area contributed by atoms with Crippen molar-refractivity contribution in [1.29, 1.82) is 0 Å². The molecule has 7 nitrogen and oxygen atoms in total. The number of hydrogen-bond acceptors (Lipinski definition) is 4. The summed E-state index contributed by atoms with van der Waals surface area (Å²) in [5, 5.41) is 8.45. The van der Waals surface area contributed by atoms with Gasteiger partial charge in [-0.3, -0.25) is 4.79 Å². The number of nitrogens with one attached hydrogen (secondary N) is 1.